The molecule has 2 heterocycles. The van der Waals surface area contributed by atoms with Gasteiger partial charge in [0.2, 0.25) is 0 Å². The Labute approximate surface area is 110 Å². The van der Waals surface area contributed by atoms with Crippen molar-refractivity contribution < 1.29 is 4.79 Å². The van der Waals surface area contributed by atoms with Gasteiger partial charge in [0.05, 0.1) is 10.0 Å². The molecule has 0 unspecified atom stereocenters. The van der Waals surface area contributed by atoms with Crippen LogP contribution in [-0.4, -0.2) is 10.4 Å². The van der Waals surface area contributed by atoms with Gasteiger partial charge in [0, 0.05) is 24.5 Å². The molecule has 2 aromatic rings. The fourth-order valence-electron chi connectivity index (χ4n) is 1.84. The van der Waals surface area contributed by atoms with Crippen molar-refractivity contribution in [1.29, 1.82) is 0 Å². The van der Waals surface area contributed by atoms with E-state index in [1.165, 1.54) is 4.88 Å². The summed E-state index contributed by atoms with van der Waals surface area (Å²) in [5, 5.41) is 0. The van der Waals surface area contributed by atoms with Gasteiger partial charge in [-0.2, -0.15) is 0 Å². The van der Waals surface area contributed by atoms with Crippen molar-refractivity contribution in [2.24, 2.45) is 0 Å². The van der Waals surface area contributed by atoms with Gasteiger partial charge < -0.3 is 4.57 Å². The monoisotopic (exact) mass is 267 g/mol. The smallest absolute Gasteiger partial charge is 0.176 e. The molecular formula is C13H14ClNOS. The third-order valence-corrected chi connectivity index (χ3v) is 3.93. The van der Waals surface area contributed by atoms with Crippen LogP contribution >= 0.6 is 22.9 Å². The first kappa shape index (κ1) is 12.4. The van der Waals surface area contributed by atoms with Crippen molar-refractivity contribution in [3.05, 3.63) is 45.4 Å². The summed E-state index contributed by atoms with van der Waals surface area (Å²) in [4.78, 5) is 12.6. The quantitative estimate of drug-likeness (QED) is 0.750. The van der Waals surface area contributed by atoms with Crippen LogP contribution < -0.4 is 0 Å². The van der Waals surface area contributed by atoms with Crippen molar-refractivity contribution in [2.45, 2.75) is 26.3 Å². The van der Waals surface area contributed by atoms with Gasteiger partial charge in [-0.3, -0.25) is 4.79 Å². The van der Waals surface area contributed by atoms with E-state index in [9.17, 15) is 4.79 Å². The number of carbonyl (C=O) groups excluding carboxylic acids is 1. The van der Waals surface area contributed by atoms with E-state index in [1.807, 2.05) is 29.0 Å². The zero-order chi connectivity index (χ0) is 12.3. The van der Waals surface area contributed by atoms with Gasteiger partial charge in [0.15, 0.2) is 5.78 Å². The SMILES string of the molecule is CC(=O)c1cccn1CCCc1ccc(Cl)s1. The van der Waals surface area contributed by atoms with E-state index in [-0.39, 0.29) is 5.78 Å². The molecule has 0 spiro atoms. The van der Waals surface area contributed by atoms with Crippen LogP contribution in [-0.2, 0) is 13.0 Å². The number of thiophene rings is 1. The molecule has 0 aromatic carbocycles. The fourth-order valence-corrected chi connectivity index (χ4v) is 2.97. The van der Waals surface area contributed by atoms with E-state index in [1.54, 1.807) is 18.3 Å². The van der Waals surface area contributed by atoms with Crippen LogP contribution in [0.1, 0.15) is 28.7 Å². The molecule has 2 nitrogen and oxygen atoms in total. The summed E-state index contributed by atoms with van der Waals surface area (Å²) in [6.45, 7) is 2.47. The highest BCUT2D eigenvalue weighted by molar-refractivity contribution is 7.16. The lowest BCUT2D eigenvalue weighted by Gasteiger charge is -2.05. The Balaban J connectivity index is 1.90. The molecule has 0 bridgehead atoms. The predicted molar refractivity (Wildman–Crippen MR) is 72.1 cm³/mol. The van der Waals surface area contributed by atoms with E-state index in [4.69, 9.17) is 11.6 Å². The Morgan fingerprint density at radius 2 is 2.24 bits per heavy atom. The number of halogens is 1. The van der Waals surface area contributed by atoms with Crippen LogP contribution in [0, 0.1) is 0 Å². The number of carbonyl (C=O) groups is 1. The molecule has 0 fully saturated rings. The van der Waals surface area contributed by atoms with Crippen LogP contribution in [0.2, 0.25) is 4.34 Å². The highest BCUT2D eigenvalue weighted by Gasteiger charge is 2.05. The van der Waals surface area contributed by atoms with Crippen LogP contribution in [0.3, 0.4) is 0 Å². The summed E-state index contributed by atoms with van der Waals surface area (Å²) < 4.78 is 2.85. The molecule has 0 saturated heterocycles. The lowest BCUT2D eigenvalue weighted by molar-refractivity contribution is 0.100. The Hall–Kier alpha value is -1.06. The summed E-state index contributed by atoms with van der Waals surface area (Å²) in [5.41, 5.74) is 0.786. The molecule has 0 atom stereocenters. The lowest BCUT2D eigenvalue weighted by atomic mass is 10.2. The number of ketones is 1. The molecule has 0 radical (unpaired) electrons. The minimum absolute atomic E-state index is 0.120. The number of nitrogens with zero attached hydrogens (tertiary/aromatic N) is 1. The van der Waals surface area contributed by atoms with Crippen molar-refractivity contribution in [3.63, 3.8) is 0 Å². The van der Waals surface area contributed by atoms with E-state index in [2.05, 4.69) is 6.07 Å². The molecular weight excluding hydrogens is 254 g/mol. The maximum atomic E-state index is 11.3. The first-order valence-corrected chi connectivity index (χ1v) is 6.76. The van der Waals surface area contributed by atoms with Crippen molar-refractivity contribution in [3.8, 4) is 0 Å². The van der Waals surface area contributed by atoms with Crippen LogP contribution in [0.4, 0.5) is 0 Å². The van der Waals surface area contributed by atoms with E-state index < -0.39 is 0 Å². The van der Waals surface area contributed by atoms with Crippen LogP contribution in [0.25, 0.3) is 0 Å². The van der Waals surface area contributed by atoms with E-state index in [0.717, 1.165) is 29.4 Å². The lowest BCUT2D eigenvalue weighted by Crippen LogP contribution is -2.06. The molecule has 0 N–H and O–H groups in total. The first-order valence-electron chi connectivity index (χ1n) is 5.57. The molecule has 0 aliphatic carbocycles. The maximum Gasteiger partial charge on any atom is 0.176 e. The van der Waals surface area contributed by atoms with E-state index >= 15 is 0 Å². The van der Waals surface area contributed by atoms with Gasteiger partial charge in [-0.05, 0) is 37.1 Å². The summed E-state index contributed by atoms with van der Waals surface area (Å²) >= 11 is 7.50. The number of hydrogen-bond donors (Lipinski definition) is 0. The topological polar surface area (TPSA) is 22.0 Å². The molecule has 17 heavy (non-hydrogen) atoms. The number of aryl methyl sites for hydroxylation is 2. The molecule has 2 rings (SSSR count). The third kappa shape index (κ3) is 3.20. The average Bonchev–Trinajstić information content (AvgIpc) is 2.87. The van der Waals surface area contributed by atoms with Gasteiger partial charge >= 0.3 is 0 Å². The minimum atomic E-state index is 0.120. The highest BCUT2D eigenvalue weighted by Crippen LogP contribution is 2.22. The number of hydrogen-bond acceptors (Lipinski definition) is 2. The fraction of sp³-hybridized carbons (Fsp3) is 0.308. The summed E-state index contributed by atoms with van der Waals surface area (Å²) in [6.07, 6.45) is 3.98. The predicted octanol–water partition coefficient (Wildman–Crippen LogP) is 4.04. The second-order valence-electron chi connectivity index (χ2n) is 3.95. The normalized spacial score (nSPS) is 10.7. The van der Waals surface area contributed by atoms with Gasteiger partial charge in [-0.25, -0.2) is 0 Å². The molecule has 0 saturated carbocycles. The largest absolute Gasteiger partial charge is 0.345 e. The van der Waals surface area contributed by atoms with Gasteiger partial charge in [0.1, 0.15) is 0 Å². The summed E-state index contributed by atoms with van der Waals surface area (Å²) in [7, 11) is 0. The zero-order valence-electron chi connectivity index (χ0n) is 9.65. The maximum absolute atomic E-state index is 11.3. The van der Waals surface area contributed by atoms with Crippen molar-refractivity contribution >= 4 is 28.7 Å². The molecule has 0 amide bonds. The van der Waals surface area contributed by atoms with Gasteiger partial charge in [-0.1, -0.05) is 11.6 Å². The Kier molecular flexibility index (Phi) is 4.02. The zero-order valence-corrected chi connectivity index (χ0v) is 11.2. The summed E-state index contributed by atoms with van der Waals surface area (Å²) in [5.74, 6) is 0.120. The highest BCUT2D eigenvalue weighted by atomic mass is 35.5. The van der Waals surface area contributed by atoms with Gasteiger partial charge in [-0.15, -0.1) is 11.3 Å². The molecule has 4 heteroatoms. The second kappa shape index (κ2) is 5.52. The van der Waals surface area contributed by atoms with E-state index in [0.29, 0.717) is 0 Å². The number of aromatic nitrogens is 1. The van der Waals surface area contributed by atoms with Crippen LogP contribution in [0.15, 0.2) is 30.5 Å². The Morgan fingerprint density at radius 3 is 2.88 bits per heavy atom. The molecule has 0 aliphatic heterocycles. The van der Waals surface area contributed by atoms with Crippen molar-refractivity contribution in [1.82, 2.24) is 4.57 Å². The second-order valence-corrected chi connectivity index (χ2v) is 5.75. The molecule has 90 valence electrons. The first-order chi connectivity index (χ1) is 8.16. The van der Waals surface area contributed by atoms with Crippen molar-refractivity contribution in [2.75, 3.05) is 0 Å². The number of rotatable bonds is 5. The van der Waals surface area contributed by atoms with Gasteiger partial charge in [0.25, 0.3) is 0 Å². The standard InChI is InChI=1S/C13H14ClNOS/c1-10(16)12-5-3-9-15(12)8-2-4-11-6-7-13(14)17-11/h3,5-7,9H,2,4,8H2,1H3. The number of Topliss-reactive ketones (excluding diaryl/α,β-unsaturated/α-hetero) is 1. The Morgan fingerprint density at radius 1 is 1.41 bits per heavy atom. The average molecular weight is 268 g/mol. The molecule has 0 aliphatic rings. The Bertz CT molecular complexity index is 515. The van der Waals surface area contributed by atoms with Crippen LogP contribution in [0.5, 0.6) is 0 Å². The summed E-state index contributed by atoms with van der Waals surface area (Å²) in [6, 6.07) is 7.77. The molecule has 2 aromatic heterocycles. The third-order valence-electron chi connectivity index (χ3n) is 2.64. The minimum Gasteiger partial charge on any atom is -0.345 e.